The van der Waals surface area contributed by atoms with Crippen LogP contribution >= 0.6 is 0 Å². The lowest BCUT2D eigenvalue weighted by Crippen LogP contribution is -2.22. The van der Waals surface area contributed by atoms with Crippen LogP contribution in [0.4, 0.5) is 0 Å². The highest BCUT2D eigenvalue weighted by Crippen LogP contribution is 2.37. The minimum atomic E-state index is 0.125. The maximum absolute atomic E-state index is 9.65. The fourth-order valence-electron chi connectivity index (χ4n) is 1.99. The molecule has 1 aromatic rings. The third kappa shape index (κ3) is 2.32. The number of benzene rings is 1. The summed E-state index contributed by atoms with van der Waals surface area (Å²) in [4.78, 5) is 0. The van der Waals surface area contributed by atoms with Gasteiger partial charge in [-0.05, 0) is 56.2 Å². The molecule has 0 atom stereocenters. The Morgan fingerprint density at radius 3 is 2.27 bits per heavy atom. The van der Waals surface area contributed by atoms with E-state index in [4.69, 9.17) is 5.73 Å². The second-order valence-corrected chi connectivity index (χ2v) is 4.94. The average Bonchev–Trinajstić information content (AvgIpc) is 2.90. The predicted molar refractivity (Wildman–Crippen MR) is 62.1 cm³/mol. The molecular weight excluding hydrogens is 186 g/mol. The van der Waals surface area contributed by atoms with Crippen molar-refractivity contribution in [3.05, 3.63) is 28.8 Å². The number of hydrogen-bond acceptors (Lipinski definition) is 2. The molecule has 3 N–H and O–H groups in total. The second-order valence-electron chi connectivity index (χ2n) is 4.94. The summed E-state index contributed by atoms with van der Waals surface area (Å²) >= 11 is 0. The zero-order valence-corrected chi connectivity index (χ0v) is 9.51. The van der Waals surface area contributed by atoms with Crippen LogP contribution in [-0.4, -0.2) is 10.6 Å². The summed E-state index contributed by atoms with van der Waals surface area (Å²) in [5.74, 6) is 0.424. The van der Waals surface area contributed by atoms with Crippen molar-refractivity contribution in [1.29, 1.82) is 0 Å². The fourth-order valence-corrected chi connectivity index (χ4v) is 1.99. The molecular formula is C13H19NO. The normalized spacial score (nSPS) is 17.8. The number of phenolic OH excluding ortho intramolecular Hbond substituents is 1. The highest BCUT2D eigenvalue weighted by Gasteiger charge is 2.37. The Bertz CT molecular complexity index is 357. The molecule has 0 saturated heterocycles. The molecule has 2 heteroatoms. The molecule has 82 valence electrons. The lowest BCUT2D eigenvalue weighted by molar-refractivity contribution is 0.466. The number of aromatic hydroxyl groups is 1. The molecule has 1 aliphatic rings. The molecule has 0 aromatic heterocycles. The summed E-state index contributed by atoms with van der Waals surface area (Å²) in [5.41, 5.74) is 9.40. The highest BCUT2D eigenvalue weighted by molar-refractivity contribution is 5.42. The van der Waals surface area contributed by atoms with Gasteiger partial charge in [-0.2, -0.15) is 0 Å². The van der Waals surface area contributed by atoms with Crippen LogP contribution in [0.25, 0.3) is 0 Å². The topological polar surface area (TPSA) is 46.2 Å². The quantitative estimate of drug-likeness (QED) is 0.796. The van der Waals surface area contributed by atoms with Gasteiger partial charge in [0, 0.05) is 5.54 Å². The van der Waals surface area contributed by atoms with Crippen LogP contribution in [0, 0.1) is 13.8 Å². The van der Waals surface area contributed by atoms with Crippen molar-refractivity contribution in [2.45, 2.75) is 45.1 Å². The van der Waals surface area contributed by atoms with Crippen molar-refractivity contribution in [3.8, 4) is 5.75 Å². The molecule has 0 unspecified atom stereocenters. The molecule has 1 aliphatic carbocycles. The van der Waals surface area contributed by atoms with Gasteiger partial charge in [-0.1, -0.05) is 12.1 Å². The molecule has 15 heavy (non-hydrogen) atoms. The van der Waals surface area contributed by atoms with Crippen LogP contribution in [0.3, 0.4) is 0 Å². The van der Waals surface area contributed by atoms with E-state index in [1.807, 2.05) is 13.8 Å². The fraction of sp³-hybridized carbons (Fsp3) is 0.538. The van der Waals surface area contributed by atoms with Gasteiger partial charge >= 0.3 is 0 Å². The highest BCUT2D eigenvalue weighted by atomic mass is 16.3. The first-order valence-electron chi connectivity index (χ1n) is 5.58. The van der Waals surface area contributed by atoms with Crippen molar-refractivity contribution in [3.63, 3.8) is 0 Å². The number of aryl methyl sites for hydroxylation is 3. The SMILES string of the molecule is Cc1cc(CCC2(N)CC2)cc(C)c1O. The summed E-state index contributed by atoms with van der Waals surface area (Å²) in [7, 11) is 0. The zero-order chi connectivity index (χ0) is 11.1. The van der Waals surface area contributed by atoms with Crippen LogP contribution in [-0.2, 0) is 6.42 Å². The first kappa shape index (κ1) is 10.5. The third-order valence-corrected chi connectivity index (χ3v) is 3.35. The lowest BCUT2D eigenvalue weighted by Gasteiger charge is -2.10. The van der Waals surface area contributed by atoms with E-state index in [1.165, 1.54) is 18.4 Å². The van der Waals surface area contributed by atoms with Gasteiger partial charge in [0.25, 0.3) is 0 Å². The van der Waals surface area contributed by atoms with E-state index in [9.17, 15) is 5.11 Å². The van der Waals surface area contributed by atoms with E-state index in [1.54, 1.807) is 0 Å². The van der Waals surface area contributed by atoms with Crippen molar-refractivity contribution in [1.82, 2.24) is 0 Å². The maximum atomic E-state index is 9.65. The second kappa shape index (κ2) is 3.53. The number of rotatable bonds is 3. The number of nitrogens with two attached hydrogens (primary N) is 1. The zero-order valence-electron chi connectivity index (χ0n) is 9.51. The van der Waals surface area contributed by atoms with Gasteiger partial charge < -0.3 is 10.8 Å². The van der Waals surface area contributed by atoms with Gasteiger partial charge in [-0.25, -0.2) is 0 Å². The van der Waals surface area contributed by atoms with Crippen LogP contribution in [0.1, 0.15) is 36.0 Å². The van der Waals surface area contributed by atoms with E-state index < -0.39 is 0 Å². The smallest absolute Gasteiger partial charge is 0.121 e. The lowest BCUT2D eigenvalue weighted by atomic mass is 9.99. The maximum Gasteiger partial charge on any atom is 0.121 e. The Balaban J connectivity index is 2.08. The number of phenols is 1. The van der Waals surface area contributed by atoms with Crippen molar-refractivity contribution < 1.29 is 5.11 Å². The molecule has 0 amide bonds. The minimum absolute atomic E-state index is 0.125. The molecule has 1 saturated carbocycles. The van der Waals surface area contributed by atoms with Gasteiger partial charge in [-0.3, -0.25) is 0 Å². The largest absolute Gasteiger partial charge is 0.507 e. The molecule has 0 spiro atoms. The standard InChI is InChI=1S/C13H19NO/c1-9-7-11(8-10(2)12(9)15)3-4-13(14)5-6-13/h7-8,15H,3-6,14H2,1-2H3. The van der Waals surface area contributed by atoms with Crippen LogP contribution in [0.15, 0.2) is 12.1 Å². The minimum Gasteiger partial charge on any atom is -0.507 e. The molecule has 0 radical (unpaired) electrons. The Hall–Kier alpha value is -1.02. The first-order valence-corrected chi connectivity index (χ1v) is 5.58. The van der Waals surface area contributed by atoms with Crippen molar-refractivity contribution >= 4 is 0 Å². The van der Waals surface area contributed by atoms with Gasteiger partial charge in [0.2, 0.25) is 0 Å². The summed E-state index contributed by atoms with van der Waals surface area (Å²) in [6.45, 7) is 3.89. The number of hydrogen-bond donors (Lipinski definition) is 2. The summed E-state index contributed by atoms with van der Waals surface area (Å²) in [6, 6.07) is 4.13. The molecule has 2 rings (SSSR count). The Labute approximate surface area is 91.1 Å². The van der Waals surface area contributed by atoms with E-state index in [0.29, 0.717) is 5.75 Å². The van der Waals surface area contributed by atoms with Crippen LogP contribution in [0.2, 0.25) is 0 Å². The Morgan fingerprint density at radius 2 is 1.80 bits per heavy atom. The van der Waals surface area contributed by atoms with Gasteiger partial charge in [0.1, 0.15) is 5.75 Å². The first-order chi connectivity index (χ1) is 7.00. The van der Waals surface area contributed by atoms with Gasteiger partial charge in [0.05, 0.1) is 0 Å². The van der Waals surface area contributed by atoms with E-state index in [2.05, 4.69) is 12.1 Å². The Morgan fingerprint density at radius 1 is 1.27 bits per heavy atom. The van der Waals surface area contributed by atoms with Gasteiger partial charge in [0.15, 0.2) is 0 Å². The third-order valence-electron chi connectivity index (χ3n) is 3.35. The average molecular weight is 205 g/mol. The summed E-state index contributed by atoms with van der Waals surface area (Å²) in [5, 5.41) is 9.65. The monoisotopic (exact) mass is 205 g/mol. The van der Waals surface area contributed by atoms with E-state index in [-0.39, 0.29) is 5.54 Å². The van der Waals surface area contributed by atoms with Crippen molar-refractivity contribution in [2.24, 2.45) is 5.73 Å². The Kier molecular flexibility index (Phi) is 2.47. The van der Waals surface area contributed by atoms with E-state index in [0.717, 1.165) is 24.0 Å². The van der Waals surface area contributed by atoms with Crippen molar-refractivity contribution in [2.75, 3.05) is 0 Å². The van der Waals surface area contributed by atoms with Crippen LogP contribution < -0.4 is 5.73 Å². The molecule has 0 bridgehead atoms. The van der Waals surface area contributed by atoms with E-state index >= 15 is 0 Å². The molecule has 1 aromatic carbocycles. The summed E-state index contributed by atoms with van der Waals surface area (Å²) < 4.78 is 0. The molecule has 2 nitrogen and oxygen atoms in total. The summed E-state index contributed by atoms with van der Waals surface area (Å²) in [6.07, 6.45) is 4.43. The molecule has 1 fully saturated rings. The van der Waals surface area contributed by atoms with Gasteiger partial charge in [-0.15, -0.1) is 0 Å². The van der Waals surface area contributed by atoms with Crippen LogP contribution in [0.5, 0.6) is 5.75 Å². The molecule has 0 aliphatic heterocycles. The molecule has 0 heterocycles. The predicted octanol–water partition coefficient (Wildman–Crippen LogP) is 2.43.